The van der Waals surface area contributed by atoms with Gasteiger partial charge in [-0.3, -0.25) is 9.78 Å². The van der Waals surface area contributed by atoms with Crippen LogP contribution >= 0.6 is 0 Å². The van der Waals surface area contributed by atoms with E-state index in [9.17, 15) is 9.90 Å². The van der Waals surface area contributed by atoms with E-state index < -0.39 is 5.41 Å². The van der Waals surface area contributed by atoms with Gasteiger partial charge in [0.1, 0.15) is 5.75 Å². The maximum atomic E-state index is 12.0. The van der Waals surface area contributed by atoms with Crippen LogP contribution in [0.1, 0.15) is 31.4 Å². The number of aromatic hydroxyl groups is 1. The van der Waals surface area contributed by atoms with E-state index in [1.54, 1.807) is 31.5 Å². The fourth-order valence-electron chi connectivity index (χ4n) is 2.58. The van der Waals surface area contributed by atoms with Crippen molar-refractivity contribution in [2.45, 2.75) is 32.1 Å². The molecule has 0 spiro atoms. The lowest BCUT2D eigenvalue weighted by Crippen LogP contribution is -2.29. The second kappa shape index (κ2) is 7.07. The van der Waals surface area contributed by atoms with Gasteiger partial charge in [0.2, 0.25) is 0 Å². The normalized spacial score (nSPS) is 13.4. The summed E-state index contributed by atoms with van der Waals surface area (Å²) in [4.78, 5) is 16.2. The molecule has 2 aromatic rings. The van der Waals surface area contributed by atoms with E-state index in [-0.39, 0.29) is 18.1 Å². The van der Waals surface area contributed by atoms with Crippen LogP contribution in [0, 0.1) is 0 Å². The molecule has 0 amide bonds. The van der Waals surface area contributed by atoms with Gasteiger partial charge in [0.25, 0.3) is 0 Å². The van der Waals surface area contributed by atoms with Gasteiger partial charge in [-0.2, -0.15) is 0 Å². The third-order valence-corrected chi connectivity index (χ3v) is 3.73. The number of ether oxygens (including phenoxy) is 1. The Morgan fingerprint density at radius 2 is 2.00 bits per heavy atom. The van der Waals surface area contributed by atoms with Gasteiger partial charge in [-0.1, -0.05) is 25.1 Å². The zero-order valence-electron chi connectivity index (χ0n) is 13.0. The van der Waals surface area contributed by atoms with Crippen molar-refractivity contribution in [1.82, 2.24) is 4.98 Å². The van der Waals surface area contributed by atoms with Gasteiger partial charge in [0, 0.05) is 17.8 Å². The minimum Gasteiger partial charge on any atom is -0.508 e. The highest BCUT2D eigenvalue weighted by atomic mass is 16.5. The zero-order chi connectivity index (χ0) is 16.0. The number of aromatic nitrogens is 1. The molecule has 4 heteroatoms. The summed E-state index contributed by atoms with van der Waals surface area (Å²) in [6.45, 7) is 4.22. The molecule has 1 unspecified atom stereocenters. The van der Waals surface area contributed by atoms with E-state index in [1.165, 1.54) is 0 Å². The molecule has 116 valence electrons. The summed E-state index contributed by atoms with van der Waals surface area (Å²) < 4.78 is 5.12. The second-order valence-electron chi connectivity index (χ2n) is 5.63. The van der Waals surface area contributed by atoms with Gasteiger partial charge in [-0.05, 0) is 42.7 Å². The Morgan fingerprint density at radius 1 is 1.27 bits per heavy atom. The topological polar surface area (TPSA) is 59.4 Å². The van der Waals surface area contributed by atoms with E-state index in [2.05, 4.69) is 4.98 Å². The number of phenols is 1. The van der Waals surface area contributed by atoms with Crippen molar-refractivity contribution < 1.29 is 14.6 Å². The molecule has 4 nitrogen and oxygen atoms in total. The quantitative estimate of drug-likeness (QED) is 0.832. The smallest absolute Gasteiger partial charge is 0.306 e. The van der Waals surface area contributed by atoms with Crippen molar-refractivity contribution in [1.29, 1.82) is 0 Å². The number of carbonyl (C=O) groups is 1. The highest BCUT2D eigenvalue weighted by Crippen LogP contribution is 2.32. The molecule has 2 rings (SSSR count). The minimum absolute atomic E-state index is 0.215. The molecule has 0 saturated carbocycles. The second-order valence-corrected chi connectivity index (χ2v) is 5.63. The molecule has 0 radical (unpaired) electrons. The van der Waals surface area contributed by atoms with Crippen LogP contribution in [0.25, 0.3) is 0 Å². The molecular weight excluding hydrogens is 278 g/mol. The van der Waals surface area contributed by atoms with Gasteiger partial charge in [-0.15, -0.1) is 0 Å². The van der Waals surface area contributed by atoms with E-state index in [0.717, 1.165) is 11.1 Å². The summed E-state index contributed by atoms with van der Waals surface area (Å²) in [5.74, 6) is 0.0184. The van der Waals surface area contributed by atoms with Crippen LogP contribution in [0.15, 0.2) is 48.8 Å². The minimum atomic E-state index is -0.405. The lowest BCUT2D eigenvalue weighted by molar-refractivity contribution is -0.144. The summed E-state index contributed by atoms with van der Waals surface area (Å²) in [6.07, 6.45) is 4.46. The third kappa shape index (κ3) is 4.07. The van der Waals surface area contributed by atoms with Crippen LogP contribution in [0.3, 0.4) is 0 Å². The van der Waals surface area contributed by atoms with Crippen molar-refractivity contribution in [3.05, 3.63) is 59.9 Å². The number of hydrogen-bond acceptors (Lipinski definition) is 4. The molecule has 1 aromatic heterocycles. The molecule has 1 heterocycles. The Bertz CT molecular complexity index is 610. The average molecular weight is 299 g/mol. The molecule has 1 N–H and O–H groups in total. The predicted octanol–water partition coefficient (Wildman–Crippen LogP) is 3.24. The molecule has 0 fully saturated rings. The van der Waals surface area contributed by atoms with E-state index >= 15 is 0 Å². The molecule has 0 aliphatic heterocycles. The Morgan fingerprint density at radius 3 is 2.59 bits per heavy atom. The van der Waals surface area contributed by atoms with Crippen molar-refractivity contribution in [3.8, 4) is 5.75 Å². The number of rotatable bonds is 6. The molecule has 0 saturated heterocycles. The predicted molar refractivity (Wildman–Crippen MR) is 84.6 cm³/mol. The first-order valence-electron chi connectivity index (χ1n) is 7.37. The zero-order valence-corrected chi connectivity index (χ0v) is 13.0. The molecular formula is C18H21NO3. The van der Waals surface area contributed by atoms with Crippen LogP contribution in [0.5, 0.6) is 5.75 Å². The maximum Gasteiger partial charge on any atom is 0.306 e. The molecule has 1 aromatic carbocycles. The molecule has 22 heavy (non-hydrogen) atoms. The first kappa shape index (κ1) is 16.0. The summed E-state index contributed by atoms with van der Waals surface area (Å²) in [5.41, 5.74) is 1.64. The third-order valence-electron chi connectivity index (χ3n) is 3.73. The number of hydrogen-bond donors (Lipinski definition) is 1. The Labute approximate surface area is 130 Å². The summed E-state index contributed by atoms with van der Waals surface area (Å²) in [5, 5.41) is 9.40. The number of pyridine rings is 1. The van der Waals surface area contributed by atoms with E-state index in [1.807, 2.05) is 31.2 Å². The van der Waals surface area contributed by atoms with Gasteiger partial charge < -0.3 is 9.84 Å². The number of carbonyl (C=O) groups excluding carboxylic acids is 1. The number of phenolic OH excluding ortho intramolecular Hbond substituents is 1. The molecule has 0 aliphatic carbocycles. The first-order valence-corrected chi connectivity index (χ1v) is 7.37. The highest BCUT2D eigenvalue weighted by Gasteiger charge is 2.31. The SMILES string of the molecule is CCOC(=O)CC(C)(Cc1ccc(O)cc1)c1cccnc1. The Kier molecular flexibility index (Phi) is 5.15. The maximum absolute atomic E-state index is 12.0. The summed E-state index contributed by atoms with van der Waals surface area (Å²) in [6, 6.07) is 10.9. The lowest BCUT2D eigenvalue weighted by atomic mass is 9.75. The van der Waals surface area contributed by atoms with Gasteiger partial charge in [0.05, 0.1) is 13.0 Å². The van der Waals surface area contributed by atoms with Gasteiger partial charge >= 0.3 is 5.97 Å². The van der Waals surface area contributed by atoms with Crippen molar-refractivity contribution in [2.24, 2.45) is 0 Å². The number of nitrogens with zero attached hydrogens (tertiary/aromatic N) is 1. The largest absolute Gasteiger partial charge is 0.508 e. The summed E-state index contributed by atoms with van der Waals surface area (Å²) >= 11 is 0. The molecule has 0 bridgehead atoms. The number of benzene rings is 1. The Hall–Kier alpha value is -2.36. The van der Waals surface area contributed by atoms with Gasteiger partial charge in [-0.25, -0.2) is 0 Å². The first-order chi connectivity index (χ1) is 10.5. The van der Waals surface area contributed by atoms with E-state index in [4.69, 9.17) is 4.74 Å². The fourth-order valence-corrected chi connectivity index (χ4v) is 2.58. The van der Waals surface area contributed by atoms with Crippen molar-refractivity contribution in [2.75, 3.05) is 6.61 Å². The fraction of sp³-hybridized carbons (Fsp3) is 0.333. The molecule has 1 atom stereocenters. The van der Waals surface area contributed by atoms with Crippen molar-refractivity contribution in [3.63, 3.8) is 0 Å². The van der Waals surface area contributed by atoms with Gasteiger partial charge in [0.15, 0.2) is 0 Å². The highest BCUT2D eigenvalue weighted by molar-refractivity contribution is 5.71. The van der Waals surface area contributed by atoms with Crippen LogP contribution in [0.2, 0.25) is 0 Å². The van der Waals surface area contributed by atoms with E-state index in [0.29, 0.717) is 13.0 Å². The van der Waals surface area contributed by atoms with Crippen molar-refractivity contribution >= 4 is 5.97 Å². The van der Waals surface area contributed by atoms with Crippen LogP contribution in [-0.2, 0) is 21.4 Å². The Balaban J connectivity index is 2.28. The molecule has 0 aliphatic rings. The van der Waals surface area contributed by atoms with Crippen LogP contribution in [0.4, 0.5) is 0 Å². The van der Waals surface area contributed by atoms with Crippen LogP contribution < -0.4 is 0 Å². The van der Waals surface area contributed by atoms with Crippen LogP contribution in [-0.4, -0.2) is 22.7 Å². The monoisotopic (exact) mass is 299 g/mol. The lowest BCUT2D eigenvalue weighted by Gasteiger charge is -2.29. The summed E-state index contributed by atoms with van der Waals surface area (Å²) in [7, 11) is 0. The standard InChI is InChI=1S/C18H21NO3/c1-3-22-17(21)12-18(2,15-5-4-10-19-13-15)11-14-6-8-16(20)9-7-14/h4-10,13,20H,3,11-12H2,1-2H3. The number of esters is 1. The average Bonchev–Trinajstić information content (AvgIpc) is 2.51.